The fourth-order valence-corrected chi connectivity index (χ4v) is 1.90. The molecule has 0 aromatic carbocycles. The number of nitrogens with zero attached hydrogens (tertiary/aromatic N) is 2. The second kappa shape index (κ2) is 6.20. The lowest BCUT2D eigenvalue weighted by Gasteiger charge is -2.18. The fraction of sp³-hybridized carbons (Fsp3) is 0.786. The van der Waals surface area contributed by atoms with E-state index in [9.17, 15) is 0 Å². The van der Waals surface area contributed by atoms with E-state index in [4.69, 9.17) is 0 Å². The molecule has 1 aromatic rings. The van der Waals surface area contributed by atoms with Crippen molar-refractivity contribution in [3.8, 4) is 0 Å². The molecule has 17 heavy (non-hydrogen) atoms. The Bertz CT molecular complexity index is 318. The van der Waals surface area contributed by atoms with Gasteiger partial charge < -0.3 is 5.32 Å². The Balaban J connectivity index is 2.46. The van der Waals surface area contributed by atoms with E-state index in [-0.39, 0.29) is 0 Å². The van der Waals surface area contributed by atoms with E-state index in [0.29, 0.717) is 11.5 Å². The zero-order chi connectivity index (χ0) is 12.9. The van der Waals surface area contributed by atoms with Crippen LogP contribution in [0.25, 0.3) is 0 Å². The van der Waals surface area contributed by atoms with Gasteiger partial charge in [0.15, 0.2) is 0 Å². The lowest BCUT2D eigenvalue weighted by molar-refractivity contribution is 0.375. The summed E-state index contributed by atoms with van der Waals surface area (Å²) >= 11 is 0. The molecular formula is C14H27N3. The molecule has 0 amide bonds. The van der Waals surface area contributed by atoms with Crippen LogP contribution >= 0.6 is 0 Å². The zero-order valence-corrected chi connectivity index (χ0v) is 12.0. The van der Waals surface area contributed by atoms with Gasteiger partial charge >= 0.3 is 0 Å². The van der Waals surface area contributed by atoms with Crippen LogP contribution in [-0.4, -0.2) is 16.3 Å². The van der Waals surface area contributed by atoms with Crippen molar-refractivity contribution in [1.82, 2.24) is 15.1 Å². The predicted octanol–water partition coefficient (Wildman–Crippen LogP) is 3.38. The van der Waals surface area contributed by atoms with Crippen molar-refractivity contribution < 1.29 is 0 Å². The van der Waals surface area contributed by atoms with Crippen LogP contribution in [0.1, 0.15) is 59.2 Å². The van der Waals surface area contributed by atoms with Gasteiger partial charge in [-0.15, -0.1) is 0 Å². The van der Waals surface area contributed by atoms with Crippen LogP contribution in [0, 0.1) is 5.41 Å². The third kappa shape index (κ3) is 4.90. The molecule has 1 aromatic heterocycles. The molecule has 0 saturated carbocycles. The predicted molar refractivity (Wildman–Crippen MR) is 73.0 cm³/mol. The fourth-order valence-electron chi connectivity index (χ4n) is 1.90. The summed E-state index contributed by atoms with van der Waals surface area (Å²) in [6.07, 6.45) is 4.39. The molecule has 1 N–H and O–H groups in total. The van der Waals surface area contributed by atoms with Crippen molar-refractivity contribution in [2.75, 3.05) is 6.54 Å². The van der Waals surface area contributed by atoms with Crippen molar-refractivity contribution in [1.29, 1.82) is 0 Å². The van der Waals surface area contributed by atoms with Crippen LogP contribution in [0.5, 0.6) is 0 Å². The minimum Gasteiger partial charge on any atom is -0.311 e. The Hall–Kier alpha value is -0.830. The standard InChI is InChI=1S/C14H27N3/c1-6-13(7-2)17-9-8-12(16-17)10-15-11-14(3,4)5/h8-9,13,15H,6-7,10-11H2,1-5H3. The second-order valence-electron chi connectivity index (χ2n) is 5.92. The minimum absolute atomic E-state index is 0.331. The molecule has 0 bridgehead atoms. The first-order chi connectivity index (χ1) is 7.96. The first kappa shape index (κ1) is 14.2. The first-order valence-corrected chi connectivity index (χ1v) is 6.71. The van der Waals surface area contributed by atoms with Crippen molar-refractivity contribution in [2.45, 2.75) is 60.0 Å². The lowest BCUT2D eigenvalue weighted by Crippen LogP contribution is -2.26. The summed E-state index contributed by atoms with van der Waals surface area (Å²) in [5.74, 6) is 0. The van der Waals surface area contributed by atoms with Gasteiger partial charge in [0.05, 0.1) is 11.7 Å². The highest BCUT2D eigenvalue weighted by Gasteiger charge is 2.10. The van der Waals surface area contributed by atoms with Gasteiger partial charge in [0, 0.05) is 19.3 Å². The average Bonchev–Trinajstić information content (AvgIpc) is 2.67. The molecule has 0 unspecified atom stereocenters. The summed E-state index contributed by atoms with van der Waals surface area (Å²) in [4.78, 5) is 0. The van der Waals surface area contributed by atoms with Crippen LogP contribution in [0.15, 0.2) is 12.3 Å². The van der Waals surface area contributed by atoms with E-state index in [2.05, 4.69) is 62.0 Å². The molecule has 1 heterocycles. The van der Waals surface area contributed by atoms with E-state index in [0.717, 1.165) is 31.6 Å². The maximum atomic E-state index is 4.63. The third-order valence-electron chi connectivity index (χ3n) is 2.94. The molecule has 0 radical (unpaired) electrons. The van der Waals surface area contributed by atoms with Crippen LogP contribution in [0.4, 0.5) is 0 Å². The smallest absolute Gasteiger partial charge is 0.0762 e. The van der Waals surface area contributed by atoms with Gasteiger partial charge in [0.25, 0.3) is 0 Å². The quantitative estimate of drug-likeness (QED) is 0.822. The highest BCUT2D eigenvalue weighted by Crippen LogP contribution is 2.15. The van der Waals surface area contributed by atoms with E-state index in [1.807, 2.05) is 0 Å². The largest absolute Gasteiger partial charge is 0.311 e. The van der Waals surface area contributed by atoms with Gasteiger partial charge in [-0.2, -0.15) is 5.10 Å². The molecule has 0 atom stereocenters. The Morgan fingerprint density at radius 1 is 1.29 bits per heavy atom. The molecule has 3 heteroatoms. The highest BCUT2D eigenvalue weighted by atomic mass is 15.3. The van der Waals surface area contributed by atoms with E-state index in [1.165, 1.54) is 0 Å². The number of hydrogen-bond acceptors (Lipinski definition) is 2. The summed E-state index contributed by atoms with van der Waals surface area (Å²) in [5.41, 5.74) is 1.47. The molecule has 0 aliphatic carbocycles. The maximum Gasteiger partial charge on any atom is 0.0762 e. The van der Waals surface area contributed by atoms with E-state index in [1.54, 1.807) is 0 Å². The van der Waals surface area contributed by atoms with Gasteiger partial charge in [-0.3, -0.25) is 4.68 Å². The number of hydrogen-bond donors (Lipinski definition) is 1. The third-order valence-corrected chi connectivity index (χ3v) is 2.94. The van der Waals surface area contributed by atoms with E-state index < -0.39 is 0 Å². The number of rotatable bonds is 6. The van der Waals surface area contributed by atoms with Crippen LogP contribution in [-0.2, 0) is 6.54 Å². The molecule has 0 aliphatic heterocycles. The number of aromatic nitrogens is 2. The Morgan fingerprint density at radius 2 is 1.94 bits per heavy atom. The van der Waals surface area contributed by atoms with Gasteiger partial charge in [0.1, 0.15) is 0 Å². The van der Waals surface area contributed by atoms with Crippen molar-refractivity contribution in [3.05, 3.63) is 18.0 Å². The Kier molecular flexibility index (Phi) is 5.19. The molecule has 1 rings (SSSR count). The topological polar surface area (TPSA) is 29.9 Å². The van der Waals surface area contributed by atoms with Gasteiger partial charge in [-0.1, -0.05) is 34.6 Å². The summed E-state index contributed by atoms with van der Waals surface area (Å²) < 4.78 is 2.11. The highest BCUT2D eigenvalue weighted by molar-refractivity contribution is 4.99. The summed E-state index contributed by atoms with van der Waals surface area (Å²) in [7, 11) is 0. The summed E-state index contributed by atoms with van der Waals surface area (Å²) in [6.45, 7) is 13.0. The normalized spacial score (nSPS) is 12.4. The first-order valence-electron chi connectivity index (χ1n) is 6.71. The molecular weight excluding hydrogens is 210 g/mol. The van der Waals surface area contributed by atoms with Crippen LogP contribution in [0.2, 0.25) is 0 Å². The summed E-state index contributed by atoms with van der Waals surface area (Å²) in [5, 5.41) is 8.08. The minimum atomic E-state index is 0.331. The lowest BCUT2D eigenvalue weighted by atomic mass is 9.97. The second-order valence-corrected chi connectivity index (χ2v) is 5.92. The van der Waals surface area contributed by atoms with Gasteiger partial charge in [-0.05, 0) is 24.3 Å². The molecule has 0 fully saturated rings. The van der Waals surface area contributed by atoms with Gasteiger partial charge in [0.2, 0.25) is 0 Å². The van der Waals surface area contributed by atoms with E-state index >= 15 is 0 Å². The van der Waals surface area contributed by atoms with Crippen LogP contribution < -0.4 is 5.32 Å². The maximum absolute atomic E-state index is 4.63. The zero-order valence-electron chi connectivity index (χ0n) is 12.0. The van der Waals surface area contributed by atoms with Crippen molar-refractivity contribution in [2.24, 2.45) is 5.41 Å². The Labute approximate surface area is 106 Å². The van der Waals surface area contributed by atoms with Crippen LogP contribution in [0.3, 0.4) is 0 Å². The molecule has 3 nitrogen and oxygen atoms in total. The molecule has 0 aliphatic rings. The summed E-state index contributed by atoms with van der Waals surface area (Å²) in [6, 6.07) is 2.67. The van der Waals surface area contributed by atoms with Crippen molar-refractivity contribution in [3.63, 3.8) is 0 Å². The SMILES string of the molecule is CCC(CC)n1ccc(CNCC(C)(C)C)n1. The Morgan fingerprint density at radius 3 is 2.47 bits per heavy atom. The van der Waals surface area contributed by atoms with Gasteiger partial charge in [-0.25, -0.2) is 0 Å². The average molecular weight is 237 g/mol. The molecule has 0 spiro atoms. The molecule has 98 valence electrons. The molecule has 0 saturated heterocycles. The monoisotopic (exact) mass is 237 g/mol. The number of nitrogens with one attached hydrogen (secondary N) is 1. The van der Waals surface area contributed by atoms with Crippen molar-refractivity contribution >= 4 is 0 Å².